The van der Waals surface area contributed by atoms with Crippen LogP contribution in [0.1, 0.15) is 20.3 Å². The van der Waals surface area contributed by atoms with Gasteiger partial charge in [-0.05, 0) is 26.0 Å². The number of anilines is 1. The summed E-state index contributed by atoms with van der Waals surface area (Å²) in [5, 5.41) is 2.93. The molecule has 0 atom stereocenters. The lowest BCUT2D eigenvalue weighted by Gasteiger charge is -2.28. The first kappa shape index (κ1) is 17.8. The largest absolute Gasteiger partial charge is 0.354 e. The molecule has 0 saturated heterocycles. The molecule has 0 aliphatic carbocycles. The van der Waals surface area contributed by atoms with Crippen molar-refractivity contribution in [2.75, 3.05) is 43.4 Å². The van der Waals surface area contributed by atoms with E-state index in [4.69, 9.17) is 0 Å². The van der Waals surface area contributed by atoms with Gasteiger partial charge in [-0.25, -0.2) is 0 Å². The highest BCUT2D eigenvalue weighted by atomic mass is 32.2. The van der Waals surface area contributed by atoms with Crippen molar-refractivity contribution < 1.29 is 14.5 Å². The fourth-order valence-electron chi connectivity index (χ4n) is 2.70. The van der Waals surface area contributed by atoms with E-state index in [-0.39, 0.29) is 18.4 Å². The molecule has 0 fully saturated rings. The molecule has 1 aliphatic rings. The molecular weight excluding hydrogens is 310 g/mol. The molecule has 0 spiro atoms. The van der Waals surface area contributed by atoms with E-state index in [1.54, 1.807) is 4.90 Å². The zero-order chi connectivity index (χ0) is 16.7. The van der Waals surface area contributed by atoms with Gasteiger partial charge in [0.15, 0.2) is 0 Å². The van der Waals surface area contributed by atoms with Gasteiger partial charge < -0.3 is 15.1 Å². The number of benzene rings is 1. The standard InChI is InChI=1S/C17H25N3O2S/c1-3-19(4-2)11-7-10-18-16(21)12-20-14-8-5-6-9-15(14)23-13-17(20)22/h5-6,8-9H,3-4,7,10-13H2,1-2H3,(H,18,21)/p+1. The van der Waals surface area contributed by atoms with Crippen molar-refractivity contribution in [3.05, 3.63) is 24.3 Å². The van der Waals surface area contributed by atoms with Gasteiger partial charge in [0, 0.05) is 17.9 Å². The number of carbonyl (C=O) groups is 2. The van der Waals surface area contributed by atoms with Crippen LogP contribution in [0.4, 0.5) is 5.69 Å². The molecule has 6 heteroatoms. The normalized spacial score (nSPS) is 14.0. The highest BCUT2D eigenvalue weighted by molar-refractivity contribution is 8.00. The highest BCUT2D eigenvalue weighted by Gasteiger charge is 2.25. The average molecular weight is 336 g/mol. The van der Waals surface area contributed by atoms with Crippen LogP contribution in [0.2, 0.25) is 0 Å². The second kappa shape index (κ2) is 8.93. The number of para-hydroxylation sites is 1. The average Bonchev–Trinajstić information content (AvgIpc) is 2.57. The fraction of sp³-hybridized carbons (Fsp3) is 0.529. The summed E-state index contributed by atoms with van der Waals surface area (Å²) in [4.78, 5) is 28.4. The number of fused-ring (bicyclic) bond motifs is 1. The SMILES string of the molecule is CC[NH+](CC)CCCNC(=O)CN1C(=O)CSc2ccccc21. The van der Waals surface area contributed by atoms with Crippen molar-refractivity contribution in [3.8, 4) is 0 Å². The van der Waals surface area contributed by atoms with Crippen molar-refractivity contribution in [2.45, 2.75) is 25.2 Å². The molecule has 126 valence electrons. The predicted octanol–water partition coefficient (Wildman–Crippen LogP) is 0.556. The van der Waals surface area contributed by atoms with E-state index in [0.717, 1.165) is 36.6 Å². The Hall–Kier alpha value is -1.53. The molecule has 5 nitrogen and oxygen atoms in total. The Kier molecular flexibility index (Phi) is 6.92. The number of nitrogens with zero attached hydrogens (tertiary/aromatic N) is 1. The Morgan fingerprint density at radius 3 is 2.78 bits per heavy atom. The second-order valence-corrected chi connectivity index (χ2v) is 6.66. The quantitative estimate of drug-likeness (QED) is 0.682. The van der Waals surface area contributed by atoms with E-state index in [1.807, 2.05) is 24.3 Å². The minimum Gasteiger partial charge on any atom is -0.354 e. The van der Waals surface area contributed by atoms with Gasteiger partial charge in [-0.15, -0.1) is 11.8 Å². The van der Waals surface area contributed by atoms with Crippen LogP contribution in [0.15, 0.2) is 29.2 Å². The Balaban J connectivity index is 1.82. The minimum atomic E-state index is -0.0883. The first-order chi connectivity index (χ1) is 11.2. The molecule has 2 N–H and O–H groups in total. The monoisotopic (exact) mass is 336 g/mol. The summed E-state index contributed by atoms with van der Waals surface area (Å²) in [5.74, 6) is 0.307. The molecule has 0 aromatic heterocycles. The molecule has 23 heavy (non-hydrogen) atoms. The highest BCUT2D eigenvalue weighted by Crippen LogP contribution is 2.34. The van der Waals surface area contributed by atoms with E-state index >= 15 is 0 Å². The van der Waals surface area contributed by atoms with Crippen LogP contribution in [-0.2, 0) is 9.59 Å². The molecule has 0 radical (unpaired) electrons. The fourth-order valence-corrected chi connectivity index (χ4v) is 3.63. The molecule has 0 bridgehead atoms. The van der Waals surface area contributed by atoms with E-state index in [9.17, 15) is 9.59 Å². The van der Waals surface area contributed by atoms with E-state index < -0.39 is 0 Å². The van der Waals surface area contributed by atoms with Gasteiger partial charge in [-0.2, -0.15) is 0 Å². The lowest BCUT2D eigenvalue weighted by atomic mass is 10.2. The minimum absolute atomic E-state index is 0.00330. The van der Waals surface area contributed by atoms with Gasteiger partial charge in [0.05, 0.1) is 31.1 Å². The number of carbonyl (C=O) groups excluding carboxylic acids is 2. The van der Waals surface area contributed by atoms with Gasteiger partial charge >= 0.3 is 0 Å². The maximum Gasteiger partial charge on any atom is 0.240 e. The van der Waals surface area contributed by atoms with E-state index in [0.29, 0.717) is 12.3 Å². The number of hydrogen-bond acceptors (Lipinski definition) is 3. The molecule has 1 aromatic carbocycles. The zero-order valence-electron chi connectivity index (χ0n) is 13.9. The van der Waals surface area contributed by atoms with Crippen LogP contribution in [0.25, 0.3) is 0 Å². The second-order valence-electron chi connectivity index (χ2n) is 5.65. The lowest BCUT2D eigenvalue weighted by Crippen LogP contribution is -3.11. The molecular formula is C17H26N3O2S+. The van der Waals surface area contributed by atoms with Crippen LogP contribution in [0.3, 0.4) is 0 Å². The summed E-state index contributed by atoms with van der Waals surface area (Å²) in [6.07, 6.45) is 0.961. The predicted molar refractivity (Wildman–Crippen MR) is 94.1 cm³/mol. The summed E-state index contributed by atoms with van der Waals surface area (Å²) in [5.41, 5.74) is 0.844. The van der Waals surface area contributed by atoms with Crippen LogP contribution >= 0.6 is 11.8 Å². The molecule has 1 heterocycles. The Labute approximate surface area is 142 Å². The molecule has 0 unspecified atom stereocenters. The van der Waals surface area contributed by atoms with Crippen molar-refractivity contribution in [1.82, 2.24) is 5.32 Å². The van der Waals surface area contributed by atoms with Crippen molar-refractivity contribution in [1.29, 1.82) is 0 Å². The van der Waals surface area contributed by atoms with Gasteiger partial charge in [-0.3, -0.25) is 9.59 Å². The Morgan fingerprint density at radius 1 is 1.30 bits per heavy atom. The summed E-state index contributed by atoms with van der Waals surface area (Å²) in [7, 11) is 0. The number of rotatable bonds is 8. The first-order valence-electron chi connectivity index (χ1n) is 8.28. The molecule has 0 saturated carbocycles. The van der Waals surface area contributed by atoms with Crippen molar-refractivity contribution in [2.24, 2.45) is 0 Å². The van der Waals surface area contributed by atoms with Crippen molar-refractivity contribution >= 4 is 29.3 Å². The van der Waals surface area contributed by atoms with Gasteiger partial charge in [0.2, 0.25) is 11.8 Å². The third-order valence-electron chi connectivity index (χ3n) is 4.14. The summed E-state index contributed by atoms with van der Waals surface area (Å²) >= 11 is 1.53. The van der Waals surface area contributed by atoms with Gasteiger partial charge in [0.1, 0.15) is 6.54 Å². The zero-order valence-corrected chi connectivity index (χ0v) is 14.7. The maximum absolute atomic E-state index is 12.1. The van der Waals surface area contributed by atoms with Crippen LogP contribution in [0.5, 0.6) is 0 Å². The third kappa shape index (κ3) is 4.97. The van der Waals surface area contributed by atoms with Gasteiger partial charge in [0.25, 0.3) is 0 Å². The van der Waals surface area contributed by atoms with Crippen LogP contribution < -0.4 is 15.1 Å². The molecule has 1 aromatic rings. The van der Waals surface area contributed by atoms with E-state index in [2.05, 4.69) is 19.2 Å². The van der Waals surface area contributed by atoms with E-state index in [1.165, 1.54) is 16.7 Å². The number of thioether (sulfide) groups is 1. The lowest BCUT2D eigenvalue weighted by molar-refractivity contribution is -0.896. The smallest absolute Gasteiger partial charge is 0.240 e. The van der Waals surface area contributed by atoms with Crippen LogP contribution in [-0.4, -0.2) is 50.3 Å². The first-order valence-corrected chi connectivity index (χ1v) is 9.26. The third-order valence-corrected chi connectivity index (χ3v) is 5.19. The van der Waals surface area contributed by atoms with Crippen LogP contribution in [0, 0.1) is 0 Å². The molecule has 2 amide bonds. The number of nitrogens with one attached hydrogen (secondary N) is 2. The summed E-state index contributed by atoms with van der Waals surface area (Å²) < 4.78 is 0. The number of quaternary nitrogens is 1. The van der Waals surface area contributed by atoms with Crippen molar-refractivity contribution in [3.63, 3.8) is 0 Å². The maximum atomic E-state index is 12.1. The summed E-state index contributed by atoms with van der Waals surface area (Å²) in [6.45, 7) is 8.41. The molecule has 1 aliphatic heterocycles. The molecule has 2 rings (SSSR count). The number of amides is 2. The summed E-state index contributed by atoms with van der Waals surface area (Å²) in [6, 6.07) is 7.74. The topological polar surface area (TPSA) is 53.9 Å². The Morgan fingerprint density at radius 2 is 2.04 bits per heavy atom. The Bertz CT molecular complexity index is 546. The number of hydrogen-bond donors (Lipinski definition) is 2. The van der Waals surface area contributed by atoms with Gasteiger partial charge in [-0.1, -0.05) is 12.1 Å².